The minimum Gasteiger partial charge on any atom is -0.484 e. The molecule has 1 aliphatic heterocycles. The van der Waals surface area contributed by atoms with E-state index in [1.807, 2.05) is 18.2 Å². The molecule has 4 rings (SSSR count). The van der Waals surface area contributed by atoms with Gasteiger partial charge in [-0.3, -0.25) is 4.79 Å². The quantitative estimate of drug-likeness (QED) is 0.607. The molecule has 0 radical (unpaired) electrons. The van der Waals surface area contributed by atoms with Crippen LogP contribution >= 0.6 is 0 Å². The molecule has 0 bridgehead atoms. The summed E-state index contributed by atoms with van der Waals surface area (Å²) in [5.41, 5.74) is 0.335. The zero-order valence-corrected chi connectivity index (χ0v) is 17.6. The van der Waals surface area contributed by atoms with Crippen molar-refractivity contribution in [3.8, 4) is 5.75 Å². The first kappa shape index (κ1) is 22.4. The van der Waals surface area contributed by atoms with E-state index in [0.717, 1.165) is 38.3 Å². The maximum absolute atomic E-state index is 12.8. The van der Waals surface area contributed by atoms with E-state index in [1.54, 1.807) is 6.07 Å². The third-order valence-electron chi connectivity index (χ3n) is 5.18. The van der Waals surface area contributed by atoms with Gasteiger partial charge in [-0.05, 0) is 30.3 Å². The van der Waals surface area contributed by atoms with Gasteiger partial charge in [0.25, 0.3) is 5.91 Å². The first-order valence-corrected chi connectivity index (χ1v) is 10.4. The van der Waals surface area contributed by atoms with E-state index in [1.165, 1.54) is 24.1 Å². The SMILES string of the molecule is O=C(COc1cccc(C(F)(F)F)c1)Nc1cc(N2CCN(c3ccccc3)CC2)ncn1. The zero-order chi connectivity index (χ0) is 23.3. The zero-order valence-electron chi connectivity index (χ0n) is 17.6. The molecule has 0 saturated carbocycles. The smallest absolute Gasteiger partial charge is 0.416 e. The normalized spacial score (nSPS) is 14.2. The summed E-state index contributed by atoms with van der Waals surface area (Å²) in [6.45, 7) is 2.74. The number of hydrogen-bond donors (Lipinski definition) is 1. The maximum atomic E-state index is 12.8. The minimum absolute atomic E-state index is 0.0420. The van der Waals surface area contributed by atoms with Crippen LogP contribution in [-0.4, -0.2) is 48.7 Å². The molecule has 1 amide bonds. The van der Waals surface area contributed by atoms with Crippen molar-refractivity contribution in [1.29, 1.82) is 0 Å². The monoisotopic (exact) mass is 457 g/mol. The van der Waals surface area contributed by atoms with E-state index >= 15 is 0 Å². The van der Waals surface area contributed by atoms with Gasteiger partial charge < -0.3 is 19.9 Å². The van der Waals surface area contributed by atoms with Gasteiger partial charge in [-0.2, -0.15) is 13.2 Å². The Hall–Kier alpha value is -3.82. The van der Waals surface area contributed by atoms with Crippen LogP contribution in [0.2, 0.25) is 0 Å². The van der Waals surface area contributed by atoms with Gasteiger partial charge in [0.2, 0.25) is 0 Å². The van der Waals surface area contributed by atoms with Crippen molar-refractivity contribution >= 4 is 23.2 Å². The standard InChI is InChI=1S/C23H22F3N5O2/c24-23(25,26)17-5-4-8-19(13-17)33-15-22(32)29-20-14-21(28-16-27-20)31-11-9-30(10-12-31)18-6-2-1-3-7-18/h1-8,13-14,16H,9-12,15H2,(H,27,28,29,32). The van der Waals surface area contributed by atoms with Crippen molar-refractivity contribution in [2.45, 2.75) is 6.18 Å². The average Bonchev–Trinajstić information content (AvgIpc) is 2.83. The fourth-order valence-electron chi connectivity index (χ4n) is 3.51. The van der Waals surface area contributed by atoms with Crippen LogP contribution in [0.1, 0.15) is 5.56 Å². The average molecular weight is 457 g/mol. The number of para-hydroxylation sites is 1. The number of rotatable bonds is 6. The van der Waals surface area contributed by atoms with Gasteiger partial charge in [0.1, 0.15) is 23.7 Å². The molecule has 7 nitrogen and oxygen atoms in total. The molecule has 2 heterocycles. The summed E-state index contributed by atoms with van der Waals surface area (Å²) in [6.07, 6.45) is -3.12. The summed E-state index contributed by atoms with van der Waals surface area (Å²) in [5, 5.41) is 2.60. The predicted molar refractivity (Wildman–Crippen MR) is 118 cm³/mol. The van der Waals surface area contributed by atoms with Crippen LogP contribution in [0.4, 0.5) is 30.5 Å². The van der Waals surface area contributed by atoms with Gasteiger partial charge in [0.05, 0.1) is 5.56 Å². The molecule has 1 fully saturated rings. The number of nitrogens with zero attached hydrogens (tertiary/aromatic N) is 4. The summed E-state index contributed by atoms with van der Waals surface area (Å²) < 4.78 is 43.6. The number of nitrogens with one attached hydrogen (secondary N) is 1. The lowest BCUT2D eigenvalue weighted by molar-refractivity contribution is -0.137. The second-order valence-corrected chi connectivity index (χ2v) is 7.43. The lowest BCUT2D eigenvalue weighted by atomic mass is 10.2. The molecule has 3 aromatic rings. The Balaban J connectivity index is 1.31. The number of aromatic nitrogens is 2. The number of benzene rings is 2. The van der Waals surface area contributed by atoms with Crippen LogP contribution < -0.4 is 19.9 Å². The number of piperazine rings is 1. The number of ether oxygens (including phenoxy) is 1. The van der Waals surface area contributed by atoms with Crippen LogP contribution in [0, 0.1) is 0 Å². The Morgan fingerprint density at radius 3 is 2.39 bits per heavy atom. The third-order valence-corrected chi connectivity index (χ3v) is 5.18. The molecule has 1 N–H and O–H groups in total. The molecule has 2 aromatic carbocycles. The van der Waals surface area contributed by atoms with Gasteiger partial charge in [-0.1, -0.05) is 24.3 Å². The number of carbonyl (C=O) groups excluding carboxylic acids is 1. The van der Waals surface area contributed by atoms with Crippen LogP contribution in [0.25, 0.3) is 0 Å². The van der Waals surface area contributed by atoms with Crippen LogP contribution in [-0.2, 0) is 11.0 Å². The highest BCUT2D eigenvalue weighted by atomic mass is 19.4. The summed E-state index contributed by atoms with van der Waals surface area (Å²) in [5.74, 6) is 0.403. The van der Waals surface area contributed by atoms with Crippen LogP contribution in [0.3, 0.4) is 0 Å². The molecule has 0 spiro atoms. The fraction of sp³-hybridized carbons (Fsp3) is 0.261. The molecule has 33 heavy (non-hydrogen) atoms. The Bertz CT molecular complexity index is 1090. The van der Waals surface area contributed by atoms with Crippen molar-refractivity contribution in [1.82, 2.24) is 9.97 Å². The molecule has 1 saturated heterocycles. The molecule has 1 aliphatic rings. The van der Waals surface area contributed by atoms with Gasteiger partial charge in [-0.25, -0.2) is 9.97 Å². The lowest BCUT2D eigenvalue weighted by Gasteiger charge is -2.36. The highest BCUT2D eigenvalue weighted by molar-refractivity contribution is 5.91. The minimum atomic E-state index is -4.48. The van der Waals surface area contributed by atoms with Crippen LogP contribution in [0.5, 0.6) is 5.75 Å². The molecule has 0 unspecified atom stereocenters. The summed E-state index contributed by atoms with van der Waals surface area (Å²) in [7, 11) is 0. The van der Waals surface area contributed by atoms with Crippen LogP contribution in [0.15, 0.2) is 67.0 Å². The molecule has 0 atom stereocenters. The summed E-state index contributed by atoms with van der Waals surface area (Å²) in [4.78, 5) is 25.0. The molecule has 172 valence electrons. The second-order valence-electron chi connectivity index (χ2n) is 7.43. The van der Waals surface area contributed by atoms with Crippen molar-refractivity contribution in [2.75, 3.05) is 47.9 Å². The first-order chi connectivity index (χ1) is 15.9. The lowest BCUT2D eigenvalue weighted by Crippen LogP contribution is -2.46. The topological polar surface area (TPSA) is 70.6 Å². The van der Waals surface area contributed by atoms with E-state index < -0.39 is 24.3 Å². The van der Waals surface area contributed by atoms with E-state index in [2.05, 4.69) is 37.2 Å². The fourth-order valence-corrected chi connectivity index (χ4v) is 3.51. The number of amides is 1. The van der Waals surface area contributed by atoms with Gasteiger partial charge >= 0.3 is 6.18 Å². The second kappa shape index (κ2) is 9.76. The number of hydrogen-bond acceptors (Lipinski definition) is 6. The van der Waals surface area contributed by atoms with Gasteiger partial charge in [-0.15, -0.1) is 0 Å². The van der Waals surface area contributed by atoms with Gasteiger partial charge in [0, 0.05) is 37.9 Å². The van der Waals surface area contributed by atoms with E-state index in [-0.39, 0.29) is 5.75 Å². The van der Waals surface area contributed by atoms with E-state index in [0.29, 0.717) is 11.6 Å². The third kappa shape index (κ3) is 5.91. The number of carbonyl (C=O) groups is 1. The predicted octanol–water partition coefficient (Wildman–Crippen LogP) is 3.84. The molecular formula is C23H22F3N5O2. The highest BCUT2D eigenvalue weighted by Crippen LogP contribution is 2.31. The van der Waals surface area contributed by atoms with E-state index in [9.17, 15) is 18.0 Å². The van der Waals surface area contributed by atoms with Crippen molar-refractivity contribution < 1.29 is 22.7 Å². The highest BCUT2D eigenvalue weighted by Gasteiger charge is 2.30. The molecule has 1 aromatic heterocycles. The van der Waals surface area contributed by atoms with Crippen molar-refractivity contribution in [3.05, 3.63) is 72.6 Å². The van der Waals surface area contributed by atoms with Crippen molar-refractivity contribution in [2.24, 2.45) is 0 Å². The van der Waals surface area contributed by atoms with Crippen molar-refractivity contribution in [3.63, 3.8) is 0 Å². The largest absolute Gasteiger partial charge is 0.484 e. The summed E-state index contributed by atoms with van der Waals surface area (Å²) >= 11 is 0. The Kier molecular flexibility index (Phi) is 6.62. The molecule has 0 aliphatic carbocycles. The number of alkyl halides is 3. The Morgan fingerprint density at radius 2 is 1.67 bits per heavy atom. The molecule has 10 heteroatoms. The van der Waals surface area contributed by atoms with E-state index in [4.69, 9.17) is 4.74 Å². The Morgan fingerprint density at radius 1 is 0.939 bits per heavy atom. The van der Waals surface area contributed by atoms with Gasteiger partial charge in [0.15, 0.2) is 6.61 Å². The summed E-state index contributed by atoms with van der Waals surface area (Å²) in [6, 6.07) is 16.2. The number of anilines is 3. The molecular weight excluding hydrogens is 435 g/mol. The number of halogens is 3. The Labute approximate surface area is 188 Å². The first-order valence-electron chi connectivity index (χ1n) is 10.4. The maximum Gasteiger partial charge on any atom is 0.416 e.